The lowest BCUT2D eigenvalue weighted by Gasteiger charge is -2.35. The first-order chi connectivity index (χ1) is 10.1. The van der Waals surface area contributed by atoms with Gasteiger partial charge >= 0.3 is 0 Å². The van der Waals surface area contributed by atoms with Crippen LogP contribution in [0.2, 0.25) is 0 Å². The molecule has 0 radical (unpaired) electrons. The van der Waals surface area contributed by atoms with E-state index in [0.29, 0.717) is 12.4 Å². The predicted molar refractivity (Wildman–Crippen MR) is 100 cm³/mol. The number of rotatable bonds is 6. The maximum atomic E-state index is 10.5. The molecule has 1 aromatic carbocycles. The molecule has 1 heterocycles. The van der Waals surface area contributed by atoms with Crippen LogP contribution in [0.3, 0.4) is 0 Å². The van der Waals surface area contributed by atoms with E-state index >= 15 is 0 Å². The second kappa shape index (κ2) is 10.8. The molecule has 6 heteroatoms. The highest BCUT2D eigenvalue weighted by molar-refractivity contribution is 5.85. The summed E-state index contributed by atoms with van der Waals surface area (Å²) in [6, 6.07) is 5.92. The van der Waals surface area contributed by atoms with Crippen LogP contribution >= 0.6 is 24.8 Å². The SMILES string of the molecule is C=C(C)C[C@@H](c1cccc(OCC)c1O)N1CCNCC1.Cl.Cl. The van der Waals surface area contributed by atoms with E-state index in [-0.39, 0.29) is 36.6 Å². The Bertz CT molecular complexity index is 491. The van der Waals surface area contributed by atoms with Gasteiger partial charge in [-0.25, -0.2) is 0 Å². The molecule has 1 aliphatic rings. The maximum Gasteiger partial charge on any atom is 0.162 e. The van der Waals surface area contributed by atoms with Crippen LogP contribution in [0.5, 0.6) is 11.5 Å². The lowest BCUT2D eigenvalue weighted by molar-refractivity contribution is 0.169. The number of aromatic hydroxyl groups is 1. The summed E-state index contributed by atoms with van der Waals surface area (Å²) in [7, 11) is 0. The van der Waals surface area contributed by atoms with Crippen LogP contribution in [-0.4, -0.2) is 42.8 Å². The molecular formula is C17H28Cl2N2O2. The molecule has 1 atom stereocenters. The molecule has 0 bridgehead atoms. The van der Waals surface area contributed by atoms with Gasteiger partial charge in [-0.05, 0) is 26.3 Å². The second-order valence-electron chi connectivity index (χ2n) is 5.59. The van der Waals surface area contributed by atoms with E-state index in [1.54, 1.807) is 0 Å². The third kappa shape index (κ3) is 5.88. The van der Waals surface area contributed by atoms with Gasteiger partial charge in [0.2, 0.25) is 0 Å². The number of benzene rings is 1. The number of nitrogens with one attached hydrogen (secondary N) is 1. The molecule has 0 spiro atoms. The molecule has 23 heavy (non-hydrogen) atoms. The van der Waals surface area contributed by atoms with Crippen molar-refractivity contribution in [1.29, 1.82) is 0 Å². The smallest absolute Gasteiger partial charge is 0.162 e. The second-order valence-corrected chi connectivity index (χ2v) is 5.59. The normalized spacial score (nSPS) is 15.9. The van der Waals surface area contributed by atoms with Crippen molar-refractivity contribution in [2.24, 2.45) is 0 Å². The van der Waals surface area contributed by atoms with Crippen LogP contribution in [0.15, 0.2) is 30.4 Å². The zero-order chi connectivity index (χ0) is 15.2. The number of hydrogen-bond acceptors (Lipinski definition) is 4. The summed E-state index contributed by atoms with van der Waals surface area (Å²) >= 11 is 0. The van der Waals surface area contributed by atoms with Gasteiger partial charge in [-0.15, -0.1) is 31.4 Å². The lowest BCUT2D eigenvalue weighted by atomic mass is 9.96. The highest BCUT2D eigenvalue weighted by Gasteiger charge is 2.25. The molecule has 1 aliphatic heterocycles. The first-order valence-corrected chi connectivity index (χ1v) is 7.67. The van der Waals surface area contributed by atoms with Gasteiger partial charge in [-0.1, -0.05) is 17.7 Å². The Hall–Kier alpha value is -0.940. The Morgan fingerprint density at radius 2 is 2.00 bits per heavy atom. The van der Waals surface area contributed by atoms with E-state index in [1.807, 2.05) is 32.0 Å². The summed E-state index contributed by atoms with van der Waals surface area (Å²) < 4.78 is 5.52. The van der Waals surface area contributed by atoms with Crippen molar-refractivity contribution in [3.05, 3.63) is 35.9 Å². The van der Waals surface area contributed by atoms with Crippen LogP contribution in [0.1, 0.15) is 31.9 Å². The number of para-hydroxylation sites is 1. The molecule has 2 N–H and O–H groups in total. The summed E-state index contributed by atoms with van der Waals surface area (Å²) in [5.41, 5.74) is 2.06. The van der Waals surface area contributed by atoms with Crippen molar-refractivity contribution in [3.8, 4) is 11.5 Å². The van der Waals surface area contributed by atoms with Gasteiger partial charge in [0.15, 0.2) is 11.5 Å². The maximum absolute atomic E-state index is 10.5. The van der Waals surface area contributed by atoms with Gasteiger partial charge in [0.25, 0.3) is 0 Å². The number of piperazine rings is 1. The average Bonchev–Trinajstić information content (AvgIpc) is 2.48. The van der Waals surface area contributed by atoms with Gasteiger partial charge in [0.1, 0.15) is 0 Å². The summed E-state index contributed by atoms with van der Waals surface area (Å²) in [5.74, 6) is 0.834. The van der Waals surface area contributed by atoms with Crippen molar-refractivity contribution in [2.45, 2.75) is 26.3 Å². The van der Waals surface area contributed by atoms with Crippen molar-refractivity contribution in [2.75, 3.05) is 32.8 Å². The Labute approximate surface area is 151 Å². The lowest BCUT2D eigenvalue weighted by Crippen LogP contribution is -2.45. The summed E-state index contributed by atoms with van der Waals surface area (Å²) in [6.07, 6.45) is 0.850. The molecule has 1 fully saturated rings. The monoisotopic (exact) mass is 362 g/mol. The number of hydrogen-bond donors (Lipinski definition) is 2. The molecule has 0 saturated carbocycles. The van der Waals surface area contributed by atoms with Gasteiger partial charge < -0.3 is 15.2 Å². The first-order valence-electron chi connectivity index (χ1n) is 7.67. The molecule has 1 aromatic rings. The van der Waals surface area contributed by atoms with E-state index in [0.717, 1.165) is 43.7 Å². The first kappa shape index (κ1) is 22.1. The fourth-order valence-electron chi connectivity index (χ4n) is 2.84. The minimum Gasteiger partial charge on any atom is -0.504 e. The molecule has 2 rings (SSSR count). The average molecular weight is 363 g/mol. The van der Waals surface area contributed by atoms with Gasteiger partial charge in [0, 0.05) is 37.8 Å². The summed E-state index contributed by atoms with van der Waals surface area (Å²) in [5, 5.41) is 13.9. The largest absolute Gasteiger partial charge is 0.504 e. The van der Waals surface area contributed by atoms with Crippen molar-refractivity contribution in [1.82, 2.24) is 10.2 Å². The van der Waals surface area contributed by atoms with E-state index in [1.165, 1.54) is 0 Å². The molecular weight excluding hydrogens is 335 g/mol. The van der Waals surface area contributed by atoms with Crippen LogP contribution in [0.25, 0.3) is 0 Å². The zero-order valence-corrected chi connectivity index (χ0v) is 15.5. The fraction of sp³-hybridized carbons (Fsp3) is 0.529. The van der Waals surface area contributed by atoms with Crippen molar-refractivity contribution in [3.63, 3.8) is 0 Å². The molecule has 0 aromatic heterocycles. The molecule has 1 saturated heterocycles. The van der Waals surface area contributed by atoms with E-state index in [2.05, 4.69) is 16.8 Å². The van der Waals surface area contributed by atoms with Crippen LogP contribution in [-0.2, 0) is 0 Å². The minimum absolute atomic E-state index is 0. The third-order valence-electron chi connectivity index (χ3n) is 3.82. The van der Waals surface area contributed by atoms with E-state index < -0.39 is 0 Å². The molecule has 0 unspecified atom stereocenters. The minimum atomic E-state index is 0. The molecule has 4 nitrogen and oxygen atoms in total. The van der Waals surface area contributed by atoms with E-state index in [9.17, 15) is 5.11 Å². The van der Waals surface area contributed by atoms with Crippen molar-refractivity contribution >= 4 is 24.8 Å². The standard InChI is InChI=1S/C17H26N2O2.2ClH/c1-4-21-16-7-5-6-14(17(16)20)15(12-13(2)3)19-10-8-18-9-11-19;;/h5-7,15,18,20H,2,4,8-12H2,1,3H3;2*1H/t15-;;/m0../s1. The fourth-order valence-corrected chi connectivity index (χ4v) is 2.84. The molecule has 0 aliphatic carbocycles. The number of ether oxygens (including phenoxy) is 1. The molecule has 0 amide bonds. The summed E-state index contributed by atoms with van der Waals surface area (Å²) in [6.45, 7) is 12.5. The number of nitrogens with zero attached hydrogens (tertiary/aromatic N) is 1. The third-order valence-corrected chi connectivity index (χ3v) is 3.82. The van der Waals surface area contributed by atoms with Gasteiger partial charge in [-0.3, -0.25) is 4.90 Å². The highest BCUT2D eigenvalue weighted by atomic mass is 35.5. The Morgan fingerprint density at radius 3 is 2.57 bits per heavy atom. The van der Waals surface area contributed by atoms with Gasteiger partial charge in [0.05, 0.1) is 6.61 Å². The molecule has 132 valence electrons. The van der Waals surface area contributed by atoms with Crippen LogP contribution < -0.4 is 10.1 Å². The van der Waals surface area contributed by atoms with Crippen molar-refractivity contribution < 1.29 is 9.84 Å². The zero-order valence-electron chi connectivity index (χ0n) is 13.9. The highest BCUT2D eigenvalue weighted by Crippen LogP contribution is 2.38. The predicted octanol–water partition coefficient (Wildman–Crippen LogP) is 3.55. The number of phenols is 1. The Balaban J connectivity index is 0.00000242. The summed E-state index contributed by atoms with van der Waals surface area (Å²) in [4.78, 5) is 2.41. The Kier molecular flexibility index (Phi) is 10.3. The number of phenolic OH excluding ortho intramolecular Hbond substituents is 1. The van der Waals surface area contributed by atoms with Gasteiger partial charge in [-0.2, -0.15) is 0 Å². The Morgan fingerprint density at radius 1 is 1.35 bits per heavy atom. The van der Waals surface area contributed by atoms with Crippen LogP contribution in [0.4, 0.5) is 0 Å². The topological polar surface area (TPSA) is 44.7 Å². The number of halogens is 2. The quantitative estimate of drug-likeness (QED) is 0.759. The van der Waals surface area contributed by atoms with E-state index in [4.69, 9.17) is 4.74 Å². The van der Waals surface area contributed by atoms with Crippen LogP contribution in [0, 0.1) is 0 Å².